The summed E-state index contributed by atoms with van der Waals surface area (Å²) in [6.07, 6.45) is 1.59. The Hall–Kier alpha value is -2.96. The third kappa shape index (κ3) is 4.01. The second-order valence-electron chi connectivity index (χ2n) is 6.75. The number of amides is 2. The number of hydrogen-bond acceptors (Lipinski definition) is 5. The summed E-state index contributed by atoms with van der Waals surface area (Å²) in [6, 6.07) is 16.6. The van der Waals surface area contributed by atoms with Crippen LogP contribution in [0.25, 0.3) is 17.4 Å². The molecule has 0 N–H and O–H groups in total. The number of imide groups is 1. The fraction of sp³-hybridized carbons (Fsp3) is 0.130. The van der Waals surface area contributed by atoms with Crippen LogP contribution in [0, 0.1) is 6.92 Å². The van der Waals surface area contributed by atoms with Crippen molar-refractivity contribution in [1.82, 2.24) is 4.90 Å². The lowest BCUT2D eigenvalue weighted by Crippen LogP contribution is -2.27. The molecule has 1 aromatic heterocycles. The van der Waals surface area contributed by atoms with Crippen LogP contribution >= 0.6 is 23.4 Å². The number of benzene rings is 2. The quantitative estimate of drug-likeness (QED) is 0.446. The average Bonchev–Trinajstić information content (AvgIpc) is 3.30. The molecule has 30 heavy (non-hydrogen) atoms. The number of carbonyl (C=O) groups is 2. The van der Waals surface area contributed by atoms with Gasteiger partial charge in [-0.1, -0.05) is 35.9 Å². The van der Waals surface area contributed by atoms with Crippen molar-refractivity contribution in [2.24, 2.45) is 0 Å². The Kier molecular flexibility index (Phi) is 5.70. The highest BCUT2D eigenvalue weighted by molar-refractivity contribution is 8.18. The molecule has 3 aromatic rings. The summed E-state index contributed by atoms with van der Waals surface area (Å²) in [5, 5.41) is 0.188. The first-order chi connectivity index (χ1) is 14.5. The van der Waals surface area contributed by atoms with Gasteiger partial charge in [0, 0.05) is 11.6 Å². The van der Waals surface area contributed by atoms with Crippen molar-refractivity contribution >= 4 is 40.6 Å². The molecule has 1 fully saturated rings. The number of halogens is 1. The van der Waals surface area contributed by atoms with Crippen molar-refractivity contribution in [2.45, 2.75) is 13.5 Å². The van der Waals surface area contributed by atoms with E-state index in [9.17, 15) is 9.59 Å². The van der Waals surface area contributed by atoms with E-state index in [4.69, 9.17) is 20.8 Å². The van der Waals surface area contributed by atoms with Crippen molar-refractivity contribution in [2.75, 3.05) is 7.11 Å². The predicted molar refractivity (Wildman–Crippen MR) is 118 cm³/mol. The van der Waals surface area contributed by atoms with Gasteiger partial charge in [-0.05, 0) is 60.1 Å². The molecule has 152 valence electrons. The lowest BCUT2D eigenvalue weighted by molar-refractivity contribution is -0.123. The van der Waals surface area contributed by atoms with Crippen LogP contribution in [-0.4, -0.2) is 23.2 Å². The second kappa shape index (κ2) is 8.42. The zero-order chi connectivity index (χ0) is 21.3. The van der Waals surface area contributed by atoms with Crippen LogP contribution in [0.15, 0.2) is 63.9 Å². The summed E-state index contributed by atoms with van der Waals surface area (Å²) in [4.78, 5) is 26.8. The smallest absolute Gasteiger partial charge is 0.293 e. The molecule has 2 amide bonds. The van der Waals surface area contributed by atoms with E-state index in [0.29, 0.717) is 27.2 Å². The molecule has 0 bridgehead atoms. The van der Waals surface area contributed by atoms with Gasteiger partial charge < -0.3 is 9.15 Å². The highest BCUT2D eigenvalue weighted by Crippen LogP contribution is 2.35. The van der Waals surface area contributed by atoms with Crippen LogP contribution < -0.4 is 4.74 Å². The first-order valence-corrected chi connectivity index (χ1v) is 10.4. The van der Waals surface area contributed by atoms with E-state index in [-0.39, 0.29) is 17.7 Å². The van der Waals surface area contributed by atoms with Gasteiger partial charge in [-0.15, -0.1) is 0 Å². The van der Waals surface area contributed by atoms with E-state index in [0.717, 1.165) is 28.5 Å². The number of nitrogens with zero attached hydrogens (tertiary/aromatic N) is 1. The Bertz CT molecular complexity index is 1170. The zero-order valence-electron chi connectivity index (χ0n) is 16.3. The number of furan rings is 1. The first-order valence-electron chi connectivity index (χ1n) is 9.20. The monoisotopic (exact) mass is 439 g/mol. The largest absolute Gasteiger partial charge is 0.495 e. The van der Waals surface area contributed by atoms with Crippen molar-refractivity contribution < 1.29 is 18.7 Å². The number of ether oxygens (including phenoxy) is 1. The third-order valence-corrected chi connectivity index (χ3v) is 6.00. The van der Waals surface area contributed by atoms with Gasteiger partial charge in [-0.25, -0.2) is 0 Å². The number of hydrogen-bond donors (Lipinski definition) is 0. The Labute approximate surface area is 183 Å². The minimum atomic E-state index is -0.321. The maximum absolute atomic E-state index is 12.8. The van der Waals surface area contributed by atoms with Gasteiger partial charge in [0.05, 0.1) is 23.6 Å². The topological polar surface area (TPSA) is 59.8 Å². The SMILES string of the molecule is COc1ccc(-c2ccc(/C=C3\SC(=O)N(Cc4ccccc4C)C3=O)o2)cc1Cl. The fourth-order valence-corrected chi connectivity index (χ4v) is 4.20. The molecule has 2 aromatic carbocycles. The molecule has 0 radical (unpaired) electrons. The minimum Gasteiger partial charge on any atom is -0.495 e. The van der Waals surface area contributed by atoms with Gasteiger partial charge in [0.15, 0.2) is 0 Å². The van der Waals surface area contributed by atoms with Gasteiger partial charge in [0.2, 0.25) is 0 Å². The molecule has 1 saturated heterocycles. The molecule has 1 aliphatic rings. The Balaban J connectivity index is 1.54. The molecule has 0 saturated carbocycles. The van der Waals surface area contributed by atoms with Crippen LogP contribution in [0.3, 0.4) is 0 Å². The van der Waals surface area contributed by atoms with E-state index in [2.05, 4.69) is 0 Å². The van der Waals surface area contributed by atoms with Crippen molar-refractivity contribution in [1.29, 1.82) is 0 Å². The van der Waals surface area contributed by atoms with Crippen LogP contribution in [-0.2, 0) is 11.3 Å². The summed E-state index contributed by atoms with van der Waals surface area (Å²) < 4.78 is 11.0. The fourth-order valence-electron chi connectivity index (χ4n) is 3.13. The highest BCUT2D eigenvalue weighted by Gasteiger charge is 2.35. The van der Waals surface area contributed by atoms with Gasteiger partial charge >= 0.3 is 0 Å². The van der Waals surface area contributed by atoms with E-state index >= 15 is 0 Å². The van der Waals surface area contributed by atoms with Crippen molar-refractivity contribution in [3.8, 4) is 17.1 Å². The van der Waals surface area contributed by atoms with E-state index in [1.54, 1.807) is 37.5 Å². The summed E-state index contributed by atoms with van der Waals surface area (Å²) in [6.45, 7) is 2.21. The number of methoxy groups -OCH3 is 1. The predicted octanol–water partition coefficient (Wildman–Crippen LogP) is 6.15. The summed E-state index contributed by atoms with van der Waals surface area (Å²) in [5.41, 5.74) is 2.76. The zero-order valence-corrected chi connectivity index (χ0v) is 17.9. The summed E-state index contributed by atoms with van der Waals surface area (Å²) >= 11 is 7.10. The molecule has 1 aliphatic heterocycles. The number of carbonyl (C=O) groups excluding carboxylic acids is 2. The Morgan fingerprint density at radius 1 is 1.13 bits per heavy atom. The molecular weight excluding hydrogens is 422 g/mol. The van der Waals surface area contributed by atoms with Crippen LogP contribution in [0.4, 0.5) is 4.79 Å². The van der Waals surface area contributed by atoms with Gasteiger partial charge in [-0.2, -0.15) is 0 Å². The van der Waals surface area contributed by atoms with E-state index in [1.165, 1.54) is 4.90 Å². The van der Waals surface area contributed by atoms with Gasteiger partial charge in [-0.3, -0.25) is 14.5 Å². The third-order valence-electron chi connectivity index (χ3n) is 4.80. The maximum Gasteiger partial charge on any atom is 0.293 e. The van der Waals surface area contributed by atoms with Crippen molar-refractivity contribution in [3.05, 3.63) is 81.4 Å². The van der Waals surface area contributed by atoms with E-state index in [1.807, 2.05) is 37.3 Å². The standard InChI is InChI=1S/C23H18ClNO4S/c1-14-5-3-4-6-16(14)13-25-22(26)21(30-23(25)27)12-17-8-10-19(29-17)15-7-9-20(28-2)18(24)11-15/h3-12H,13H2,1-2H3/b21-12-. The number of rotatable bonds is 5. The van der Waals surface area contributed by atoms with Crippen LogP contribution in [0.5, 0.6) is 5.75 Å². The number of thioether (sulfide) groups is 1. The highest BCUT2D eigenvalue weighted by atomic mass is 35.5. The lowest BCUT2D eigenvalue weighted by atomic mass is 10.1. The van der Waals surface area contributed by atoms with Crippen LogP contribution in [0.1, 0.15) is 16.9 Å². The maximum atomic E-state index is 12.8. The molecule has 0 unspecified atom stereocenters. The molecule has 2 heterocycles. The van der Waals surface area contributed by atoms with Gasteiger partial charge in [0.25, 0.3) is 11.1 Å². The molecule has 5 nitrogen and oxygen atoms in total. The molecule has 0 spiro atoms. The Morgan fingerprint density at radius 2 is 1.93 bits per heavy atom. The van der Waals surface area contributed by atoms with Crippen LogP contribution in [0.2, 0.25) is 5.02 Å². The average molecular weight is 440 g/mol. The van der Waals surface area contributed by atoms with E-state index < -0.39 is 0 Å². The first kappa shape index (κ1) is 20.3. The van der Waals surface area contributed by atoms with Crippen molar-refractivity contribution in [3.63, 3.8) is 0 Å². The normalized spacial score (nSPS) is 15.3. The minimum absolute atomic E-state index is 0.252. The second-order valence-corrected chi connectivity index (χ2v) is 8.15. The lowest BCUT2D eigenvalue weighted by Gasteiger charge is -2.14. The molecule has 7 heteroatoms. The summed E-state index contributed by atoms with van der Waals surface area (Å²) in [7, 11) is 1.55. The molecule has 4 rings (SSSR count). The number of aryl methyl sites for hydroxylation is 1. The van der Waals surface area contributed by atoms with Gasteiger partial charge in [0.1, 0.15) is 17.3 Å². The Morgan fingerprint density at radius 3 is 2.67 bits per heavy atom. The molecular formula is C23H18ClNO4S. The molecule has 0 atom stereocenters. The molecule has 0 aliphatic carbocycles. The summed E-state index contributed by atoms with van der Waals surface area (Å²) in [5.74, 6) is 1.34.